The molecule has 0 bridgehead atoms. The smallest absolute Gasteiger partial charge is 0.201 e. The Morgan fingerprint density at radius 3 is 2.70 bits per heavy atom. The van der Waals surface area contributed by atoms with Gasteiger partial charge in [-0.15, -0.1) is 0 Å². The van der Waals surface area contributed by atoms with Gasteiger partial charge < -0.3 is 19.7 Å². The summed E-state index contributed by atoms with van der Waals surface area (Å²) in [5, 5.41) is 19.0. The zero-order valence-electron chi connectivity index (χ0n) is 10.9. The van der Waals surface area contributed by atoms with Gasteiger partial charge in [0.25, 0.3) is 0 Å². The lowest BCUT2D eigenvalue weighted by Gasteiger charge is -2.30. The molecular weight excluding hydrogens is 256 g/mol. The summed E-state index contributed by atoms with van der Waals surface area (Å²) in [5.41, 5.74) is 1.65. The maximum absolute atomic E-state index is 9.78. The molecular formula is C16H16O4. The molecule has 2 aromatic carbocycles. The summed E-state index contributed by atoms with van der Waals surface area (Å²) in [7, 11) is 0. The van der Waals surface area contributed by atoms with Gasteiger partial charge in [0.15, 0.2) is 0 Å². The monoisotopic (exact) mass is 272 g/mol. The number of fused-ring (bicyclic) bond motifs is 1. The van der Waals surface area contributed by atoms with Crippen molar-refractivity contribution in [2.24, 2.45) is 0 Å². The van der Waals surface area contributed by atoms with Crippen LogP contribution in [0.1, 0.15) is 23.7 Å². The van der Waals surface area contributed by atoms with E-state index in [1.54, 1.807) is 12.1 Å². The van der Waals surface area contributed by atoms with E-state index >= 15 is 0 Å². The molecule has 0 spiro atoms. The highest BCUT2D eigenvalue weighted by atomic mass is 16.6. The molecule has 20 heavy (non-hydrogen) atoms. The van der Waals surface area contributed by atoms with E-state index in [2.05, 4.69) is 0 Å². The van der Waals surface area contributed by atoms with Crippen molar-refractivity contribution in [3.63, 3.8) is 0 Å². The van der Waals surface area contributed by atoms with Crippen molar-refractivity contribution in [3.05, 3.63) is 59.7 Å². The number of hydrogen-bond donors (Lipinski definition) is 2. The highest BCUT2D eigenvalue weighted by Gasteiger charge is 2.28. The van der Waals surface area contributed by atoms with Crippen molar-refractivity contribution in [2.45, 2.75) is 25.4 Å². The Bertz CT molecular complexity index is 582. The van der Waals surface area contributed by atoms with Gasteiger partial charge in [-0.25, -0.2) is 0 Å². The lowest BCUT2D eigenvalue weighted by atomic mass is 10.00. The first-order valence-electron chi connectivity index (χ1n) is 6.56. The average molecular weight is 272 g/mol. The minimum atomic E-state index is -0.879. The molecule has 1 unspecified atom stereocenters. The lowest BCUT2D eigenvalue weighted by Crippen LogP contribution is -2.27. The summed E-state index contributed by atoms with van der Waals surface area (Å²) in [4.78, 5) is 0. The van der Waals surface area contributed by atoms with Crippen LogP contribution < -0.4 is 9.47 Å². The van der Waals surface area contributed by atoms with Crippen molar-refractivity contribution in [1.82, 2.24) is 0 Å². The molecule has 1 aliphatic rings. The fourth-order valence-electron chi connectivity index (χ4n) is 2.33. The molecule has 0 saturated heterocycles. The second kappa shape index (κ2) is 5.53. The van der Waals surface area contributed by atoms with Crippen LogP contribution in [0.15, 0.2) is 48.5 Å². The maximum atomic E-state index is 9.78. The molecule has 2 aromatic rings. The van der Waals surface area contributed by atoms with E-state index in [1.165, 1.54) is 0 Å². The van der Waals surface area contributed by atoms with Gasteiger partial charge in [0.2, 0.25) is 6.29 Å². The molecule has 0 radical (unpaired) electrons. The maximum Gasteiger partial charge on any atom is 0.201 e. The molecule has 0 amide bonds. The van der Waals surface area contributed by atoms with Gasteiger partial charge in [-0.05, 0) is 29.8 Å². The van der Waals surface area contributed by atoms with Gasteiger partial charge in [-0.2, -0.15) is 0 Å². The van der Waals surface area contributed by atoms with Crippen LogP contribution in [-0.2, 0) is 6.61 Å². The lowest BCUT2D eigenvalue weighted by molar-refractivity contribution is -0.0626. The van der Waals surface area contributed by atoms with E-state index in [0.717, 1.165) is 16.9 Å². The van der Waals surface area contributed by atoms with Crippen molar-refractivity contribution >= 4 is 0 Å². The van der Waals surface area contributed by atoms with E-state index in [-0.39, 0.29) is 12.7 Å². The number of rotatable bonds is 3. The first kappa shape index (κ1) is 13.0. The third-order valence-corrected chi connectivity index (χ3v) is 3.30. The third-order valence-electron chi connectivity index (χ3n) is 3.30. The molecule has 0 aliphatic carbocycles. The van der Waals surface area contributed by atoms with E-state index in [1.807, 2.05) is 36.4 Å². The Balaban J connectivity index is 1.92. The molecule has 3 rings (SSSR count). The Morgan fingerprint density at radius 2 is 1.95 bits per heavy atom. The summed E-state index contributed by atoms with van der Waals surface area (Å²) in [6, 6.07) is 14.8. The fourth-order valence-corrected chi connectivity index (χ4v) is 2.33. The van der Waals surface area contributed by atoms with E-state index in [9.17, 15) is 10.2 Å². The zero-order chi connectivity index (χ0) is 13.9. The third kappa shape index (κ3) is 2.61. The second-order valence-corrected chi connectivity index (χ2v) is 4.76. The van der Waals surface area contributed by atoms with Gasteiger partial charge in [-0.3, -0.25) is 0 Å². The van der Waals surface area contributed by atoms with Crippen molar-refractivity contribution in [3.8, 4) is 11.5 Å². The number of aliphatic hydroxyl groups is 2. The average Bonchev–Trinajstić information content (AvgIpc) is 2.48. The number of benzene rings is 2. The van der Waals surface area contributed by atoms with E-state index < -0.39 is 6.29 Å². The summed E-state index contributed by atoms with van der Waals surface area (Å²) < 4.78 is 11.3. The van der Waals surface area contributed by atoms with Gasteiger partial charge in [0.1, 0.15) is 17.6 Å². The van der Waals surface area contributed by atoms with Crippen LogP contribution in [0.4, 0.5) is 0 Å². The predicted molar refractivity (Wildman–Crippen MR) is 73.4 cm³/mol. The number of aliphatic hydroxyl groups excluding tert-OH is 2. The van der Waals surface area contributed by atoms with E-state index in [4.69, 9.17) is 9.47 Å². The molecule has 1 aliphatic heterocycles. The normalized spacial score (nSPS) is 20.9. The minimum absolute atomic E-state index is 0.0338. The molecule has 0 aromatic heterocycles. The van der Waals surface area contributed by atoms with Gasteiger partial charge in [-0.1, -0.05) is 24.3 Å². The predicted octanol–water partition coefficient (Wildman–Crippen LogP) is 2.40. The van der Waals surface area contributed by atoms with Crippen LogP contribution in [0.25, 0.3) is 0 Å². The van der Waals surface area contributed by atoms with Gasteiger partial charge in [0, 0.05) is 5.56 Å². The van der Waals surface area contributed by atoms with Gasteiger partial charge >= 0.3 is 0 Å². The van der Waals surface area contributed by atoms with Crippen LogP contribution in [0, 0.1) is 0 Å². The molecule has 104 valence electrons. The molecule has 4 heteroatoms. The first-order valence-corrected chi connectivity index (χ1v) is 6.56. The molecule has 1 heterocycles. The van der Waals surface area contributed by atoms with Crippen LogP contribution in [0.3, 0.4) is 0 Å². The number of ether oxygens (including phenoxy) is 2. The van der Waals surface area contributed by atoms with Crippen molar-refractivity contribution < 1.29 is 19.7 Å². The zero-order valence-corrected chi connectivity index (χ0v) is 10.9. The Kier molecular flexibility index (Phi) is 3.58. The molecule has 0 saturated carbocycles. The summed E-state index contributed by atoms with van der Waals surface area (Å²) >= 11 is 0. The van der Waals surface area contributed by atoms with Crippen LogP contribution in [0.2, 0.25) is 0 Å². The van der Waals surface area contributed by atoms with E-state index in [0.29, 0.717) is 12.2 Å². The Hall–Kier alpha value is -2.04. The largest absolute Gasteiger partial charge is 0.485 e. The fraction of sp³-hybridized carbons (Fsp3) is 0.250. The quantitative estimate of drug-likeness (QED) is 0.900. The van der Waals surface area contributed by atoms with Crippen LogP contribution in [-0.4, -0.2) is 16.5 Å². The first-order chi connectivity index (χ1) is 9.76. The van der Waals surface area contributed by atoms with Crippen LogP contribution >= 0.6 is 0 Å². The second-order valence-electron chi connectivity index (χ2n) is 4.76. The summed E-state index contributed by atoms with van der Waals surface area (Å²) in [5.74, 6) is 1.34. The van der Waals surface area contributed by atoms with Crippen molar-refractivity contribution in [1.29, 1.82) is 0 Å². The standard InChI is InChI=1S/C16H16O4/c17-10-11-6-7-14-13(8-11)15(9-16(18)20-14)19-12-4-2-1-3-5-12/h1-8,15-18H,9-10H2/t15-,16?/m0/s1. The SMILES string of the molecule is OCc1ccc2c(c1)[C@@H](Oc1ccccc1)CC(O)O2. The summed E-state index contributed by atoms with van der Waals surface area (Å²) in [6.45, 7) is -0.0338. The molecule has 4 nitrogen and oxygen atoms in total. The highest BCUT2D eigenvalue weighted by molar-refractivity contribution is 5.41. The van der Waals surface area contributed by atoms with Crippen molar-refractivity contribution in [2.75, 3.05) is 0 Å². The number of hydrogen-bond acceptors (Lipinski definition) is 4. The van der Waals surface area contributed by atoms with Gasteiger partial charge in [0.05, 0.1) is 13.0 Å². The topological polar surface area (TPSA) is 58.9 Å². The number of para-hydroxylation sites is 1. The summed E-state index contributed by atoms with van der Waals surface area (Å²) in [6.07, 6.45) is -0.810. The van der Waals surface area contributed by atoms with Crippen LogP contribution in [0.5, 0.6) is 11.5 Å². The molecule has 0 fully saturated rings. The molecule has 2 N–H and O–H groups in total. The Morgan fingerprint density at radius 1 is 1.15 bits per heavy atom. The Labute approximate surface area is 117 Å². The molecule has 2 atom stereocenters. The minimum Gasteiger partial charge on any atom is -0.485 e. The highest BCUT2D eigenvalue weighted by Crippen LogP contribution is 2.37.